The van der Waals surface area contributed by atoms with Gasteiger partial charge in [-0.1, -0.05) is 17.7 Å². The van der Waals surface area contributed by atoms with E-state index in [1.165, 1.54) is 0 Å². The lowest BCUT2D eigenvalue weighted by Crippen LogP contribution is -2.03. The molecule has 0 amide bonds. The lowest BCUT2D eigenvalue weighted by Gasteiger charge is -2.05. The summed E-state index contributed by atoms with van der Waals surface area (Å²) in [4.78, 5) is 10.7. The molecule has 0 aliphatic heterocycles. The predicted molar refractivity (Wildman–Crippen MR) is 55.2 cm³/mol. The standard InChI is InChI=1S/C8H8ClNO2.ClH/c1-10-6-4-2-3-5(9)7(6)8(11)12;/h2-4,10H,1H3,(H,11,12);1H. The normalized spacial score (nSPS) is 8.77. The molecule has 72 valence electrons. The number of carbonyl (C=O) groups is 1. The van der Waals surface area contributed by atoms with Crippen molar-refractivity contribution in [3.05, 3.63) is 28.8 Å². The molecule has 5 heteroatoms. The van der Waals surface area contributed by atoms with Crippen molar-refractivity contribution in [1.82, 2.24) is 0 Å². The number of rotatable bonds is 2. The Morgan fingerprint density at radius 2 is 2.15 bits per heavy atom. The van der Waals surface area contributed by atoms with Crippen LogP contribution in [0.2, 0.25) is 5.02 Å². The van der Waals surface area contributed by atoms with E-state index in [1.807, 2.05) is 0 Å². The lowest BCUT2D eigenvalue weighted by atomic mass is 10.2. The van der Waals surface area contributed by atoms with E-state index >= 15 is 0 Å². The van der Waals surface area contributed by atoms with Crippen LogP contribution in [-0.4, -0.2) is 18.1 Å². The van der Waals surface area contributed by atoms with Crippen molar-refractivity contribution in [3.63, 3.8) is 0 Å². The predicted octanol–water partition coefficient (Wildman–Crippen LogP) is 2.50. The van der Waals surface area contributed by atoms with Crippen molar-refractivity contribution >= 4 is 35.7 Å². The summed E-state index contributed by atoms with van der Waals surface area (Å²) in [6, 6.07) is 4.90. The van der Waals surface area contributed by atoms with Gasteiger partial charge in [-0.05, 0) is 12.1 Å². The summed E-state index contributed by atoms with van der Waals surface area (Å²) in [6.45, 7) is 0. The van der Waals surface area contributed by atoms with Crippen LogP contribution < -0.4 is 5.32 Å². The molecule has 0 fully saturated rings. The average Bonchev–Trinajstić information content (AvgIpc) is 2.03. The third-order valence-corrected chi connectivity index (χ3v) is 1.81. The van der Waals surface area contributed by atoms with Gasteiger partial charge in [0.2, 0.25) is 0 Å². The summed E-state index contributed by atoms with van der Waals surface area (Å²) in [6.07, 6.45) is 0. The highest BCUT2D eigenvalue weighted by Gasteiger charge is 2.12. The molecule has 0 heterocycles. The number of carboxylic acid groups (broad SMARTS) is 1. The van der Waals surface area contributed by atoms with Gasteiger partial charge in [0.05, 0.1) is 5.02 Å². The number of nitrogens with one attached hydrogen (secondary N) is 1. The van der Waals surface area contributed by atoms with E-state index in [0.29, 0.717) is 5.69 Å². The van der Waals surface area contributed by atoms with Gasteiger partial charge in [0.1, 0.15) is 5.56 Å². The molecule has 0 aliphatic carbocycles. The Morgan fingerprint density at radius 3 is 2.54 bits per heavy atom. The first-order chi connectivity index (χ1) is 5.66. The monoisotopic (exact) mass is 221 g/mol. The van der Waals surface area contributed by atoms with E-state index in [1.54, 1.807) is 25.2 Å². The van der Waals surface area contributed by atoms with Crippen molar-refractivity contribution in [2.45, 2.75) is 0 Å². The lowest BCUT2D eigenvalue weighted by molar-refractivity contribution is 0.0698. The van der Waals surface area contributed by atoms with Gasteiger partial charge in [-0.3, -0.25) is 0 Å². The van der Waals surface area contributed by atoms with Crippen LogP contribution in [-0.2, 0) is 0 Å². The van der Waals surface area contributed by atoms with Crippen LogP contribution in [0.1, 0.15) is 10.4 Å². The fourth-order valence-electron chi connectivity index (χ4n) is 0.950. The Kier molecular flexibility index (Phi) is 4.59. The minimum Gasteiger partial charge on any atom is -0.478 e. The highest BCUT2D eigenvalue weighted by molar-refractivity contribution is 6.34. The van der Waals surface area contributed by atoms with Crippen LogP contribution in [0, 0.1) is 0 Å². The summed E-state index contributed by atoms with van der Waals surface area (Å²) < 4.78 is 0. The van der Waals surface area contributed by atoms with Crippen molar-refractivity contribution in [2.24, 2.45) is 0 Å². The highest BCUT2D eigenvalue weighted by Crippen LogP contribution is 2.23. The Bertz CT molecular complexity index is 315. The summed E-state index contributed by atoms with van der Waals surface area (Å²) in [5.74, 6) is -1.02. The number of benzene rings is 1. The summed E-state index contributed by atoms with van der Waals surface area (Å²) in [5, 5.41) is 11.8. The van der Waals surface area contributed by atoms with Gasteiger partial charge in [0.25, 0.3) is 0 Å². The highest BCUT2D eigenvalue weighted by atomic mass is 35.5. The Morgan fingerprint density at radius 1 is 1.54 bits per heavy atom. The first kappa shape index (κ1) is 12.1. The van der Waals surface area contributed by atoms with E-state index in [-0.39, 0.29) is 23.0 Å². The molecule has 0 unspecified atom stereocenters. The molecule has 0 saturated heterocycles. The average molecular weight is 222 g/mol. The molecular weight excluding hydrogens is 213 g/mol. The largest absolute Gasteiger partial charge is 0.478 e. The van der Waals surface area contributed by atoms with Gasteiger partial charge in [-0.15, -0.1) is 12.4 Å². The molecule has 0 aliphatic rings. The van der Waals surface area contributed by atoms with E-state index in [2.05, 4.69) is 5.32 Å². The zero-order valence-corrected chi connectivity index (χ0v) is 8.45. The van der Waals surface area contributed by atoms with Crippen LogP contribution in [0.3, 0.4) is 0 Å². The smallest absolute Gasteiger partial charge is 0.339 e. The van der Waals surface area contributed by atoms with Crippen molar-refractivity contribution in [1.29, 1.82) is 0 Å². The number of hydrogen-bond acceptors (Lipinski definition) is 2. The van der Waals surface area contributed by atoms with Crippen LogP contribution in [0.4, 0.5) is 5.69 Å². The summed E-state index contributed by atoms with van der Waals surface area (Å²) in [7, 11) is 1.65. The minimum atomic E-state index is -1.02. The Balaban J connectivity index is 0.00000144. The van der Waals surface area contributed by atoms with Gasteiger partial charge < -0.3 is 10.4 Å². The number of halogens is 2. The summed E-state index contributed by atoms with van der Waals surface area (Å²) >= 11 is 5.68. The second-order valence-corrected chi connectivity index (χ2v) is 2.62. The zero-order chi connectivity index (χ0) is 9.14. The second-order valence-electron chi connectivity index (χ2n) is 2.22. The van der Waals surface area contributed by atoms with Crippen LogP contribution in [0.15, 0.2) is 18.2 Å². The maximum Gasteiger partial charge on any atom is 0.339 e. The Hall–Kier alpha value is -0.930. The zero-order valence-electron chi connectivity index (χ0n) is 6.87. The number of hydrogen-bond donors (Lipinski definition) is 2. The van der Waals surface area contributed by atoms with Crippen LogP contribution >= 0.6 is 24.0 Å². The second kappa shape index (κ2) is 4.94. The number of aromatic carboxylic acids is 1. The van der Waals surface area contributed by atoms with Gasteiger partial charge in [-0.25, -0.2) is 4.79 Å². The maximum atomic E-state index is 10.7. The van der Waals surface area contributed by atoms with Crippen molar-refractivity contribution in [2.75, 3.05) is 12.4 Å². The quantitative estimate of drug-likeness (QED) is 0.808. The molecule has 0 saturated carbocycles. The summed E-state index contributed by atoms with van der Waals surface area (Å²) in [5.41, 5.74) is 0.636. The van der Waals surface area contributed by atoms with Crippen molar-refractivity contribution in [3.8, 4) is 0 Å². The van der Waals surface area contributed by atoms with Gasteiger partial charge in [-0.2, -0.15) is 0 Å². The SMILES string of the molecule is CNc1cccc(Cl)c1C(=O)O.Cl. The van der Waals surface area contributed by atoms with Gasteiger partial charge >= 0.3 is 5.97 Å². The molecule has 3 nitrogen and oxygen atoms in total. The van der Waals surface area contributed by atoms with E-state index in [0.717, 1.165) is 0 Å². The third kappa shape index (κ3) is 2.50. The first-order valence-corrected chi connectivity index (χ1v) is 3.74. The third-order valence-electron chi connectivity index (χ3n) is 1.50. The van der Waals surface area contributed by atoms with Gasteiger partial charge in [0.15, 0.2) is 0 Å². The van der Waals surface area contributed by atoms with Crippen LogP contribution in [0.5, 0.6) is 0 Å². The molecule has 13 heavy (non-hydrogen) atoms. The van der Waals surface area contributed by atoms with E-state index in [4.69, 9.17) is 16.7 Å². The number of anilines is 1. The molecular formula is C8H9Cl2NO2. The van der Waals surface area contributed by atoms with Crippen molar-refractivity contribution < 1.29 is 9.90 Å². The maximum absolute atomic E-state index is 10.7. The van der Waals surface area contributed by atoms with Crippen LogP contribution in [0.25, 0.3) is 0 Å². The fourth-order valence-corrected chi connectivity index (χ4v) is 1.21. The molecule has 0 aromatic heterocycles. The first-order valence-electron chi connectivity index (χ1n) is 3.36. The molecule has 0 radical (unpaired) electrons. The fraction of sp³-hybridized carbons (Fsp3) is 0.125. The molecule has 0 spiro atoms. The molecule has 2 N–H and O–H groups in total. The molecule has 0 atom stereocenters. The van der Waals surface area contributed by atoms with Gasteiger partial charge in [0, 0.05) is 12.7 Å². The van der Waals surface area contributed by atoms with E-state index in [9.17, 15) is 4.79 Å². The van der Waals surface area contributed by atoms with E-state index < -0.39 is 5.97 Å². The molecule has 1 rings (SSSR count). The topological polar surface area (TPSA) is 49.3 Å². The molecule has 1 aromatic rings. The Labute approximate surface area is 87.1 Å². The number of carboxylic acids is 1. The molecule has 1 aromatic carbocycles. The molecule has 0 bridgehead atoms. The minimum absolute atomic E-state index is 0.